The van der Waals surface area contributed by atoms with Crippen molar-refractivity contribution in [2.24, 2.45) is 0 Å². The van der Waals surface area contributed by atoms with E-state index in [2.05, 4.69) is 10.6 Å². The lowest BCUT2D eigenvalue weighted by Gasteiger charge is -2.49. The fourth-order valence-corrected chi connectivity index (χ4v) is 2.73. The Balaban J connectivity index is 1.59. The molecule has 4 fully saturated rings. The van der Waals surface area contributed by atoms with Gasteiger partial charge in [-0.05, 0) is 6.42 Å². The first-order valence-electron chi connectivity index (χ1n) is 5.83. The average molecular weight is 210 g/mol. The van der Waals surface area contributed by atoms with Crippen LogP contribution in [0, 0.1) is 0 Å². The molecule has 4 rings (SSSR count). The SMILES string of the molecule is O=C(N1CCNCC1)N1CC2CC(C1)N2. The van der Waals surface area contributed by atoms with Crippen molar-refractivity contribution in [2.45, 2.75) is 18.5 Å². The Bertz CT molecular complexity index is 248. The topological polar surface area (TPSA) is 47.6 Å². The van der Waals surface area contributed by atoms with Crippen molar-refractivity contribution in [3.63, 3.8) is 0 Å². The van der Waals surface area contributed by atoms with Gasteiger partial charge >= 0.3 is 6.03 Å². The maximum absolute atomic E-state index is 12.1. The van der Waals surface area contributed by atoms with Crippen molar-refractivity contribution >= 4 is 6.03 Å². The van der Waals surface area contributed by atoms with Crippen molar-refractivity contribution in [1.82, 2.24) is 20.4 Å². The summed E-state index contributed by atoms with van der Waals surface area (Å²) in [4.78, 5) is 16.1. The third kappa shape index (κ3) is 1.70. The Morgan fingerprint density at radius 1 is 1.07 bits per heavy atom. The van der Waals surface area contributed by atoms with Gasteiger partial charge in [0.05, 0.1) is 0 Å². The van der Waals surface area contributed by atoms with E-state index < -0.39 is 0 Å². The molecule has 84 valence electrons. The van der Waals surface area contributed by atoms with Crippen LogP contribution in [0.1, 0.15) is 6.42 Å². The zero-order chi connectivity index (χ0) is 10.3. The Labute approximate surface area is 89.8 Å². The van der Waals surface area contributed by atoms with E-state index in [4.69, 9.17) is 0 Å². The summed E-state index contributed by atoms with van der Waals surface area (Å²) in [6.45, 7) is 5.39. The predicted molar refractivity (Wildman–Crippen MR) is 56.7 cm³/mol. The van der Waals surface area contributed by atoms with Crippen LogP contribution in [0.4, 0.5) is 4.79 Å². The summed E-state index contributed by atoms with van der Waals surface area (Å²) in [6.07, 6.45) is 1.26. The molecule has 0 aromatic rings. The number of rotatable bonds is 0. The van der Waals surface area contributed by atoms with Gasteiger partial charge in [0.1, 0.15) is 0 Å². The molecule has 4 saturated heterocycles. The highest BCUT2D eigenvalue weighted by molar-refractivity contribution is 5.75. The molecule has 4 aliphatic rings. The molecule has 0 spiro atoms. The van der Waals surface area contributed by atoms with Gasteiger partial charge in [0.25, 0.3) is 0 Å². The lowest BCUT2D eigenvalue weighted by atomic mass is 9.91. The molecule has 2 bridgehead atoms. The molecule has 2 atom stereocenters. The minimum absolute atomic E-state index is 0.243. The second-order valence-electron chi connectivity index (χ2n) is 4.72. The smallest absolute Gasteiger partial charge is 0.320 e. The van der Waals surface area contributed by atoms with Gasteiger partial charge in [-0.15, -0.1) is 0 Å². The second-order valence-corrected chi connectivity index (χ2v) is 4.72. The largest absolute Gasteiger partial charge is 0.322 e. The van der Waals surface area contributed by atoms with Crippen molar-refractivity contribution in [3.05, 3.63) is 0 Å². The van der Waals surface area contributed by atoms with Crippen molar-refractivity contribution in [3.8, 4) is 0 Å². The molecular formula is C10H18N4O. The minimum atomic E-state index is 0.243. The molecule has 2 N–H and O–H groups in total. The number of amides is 2. The number of nitrogens with zero attached hydrogens (tertiary/aromatic N) is 2. The number of piperidine rings is 1. The first-order valence-corrected chi connectivity index (χ1v) is 5.83. The Kier molecular flexibility index (Phi) is 2.29. The predicted octanol–water partition coefficient (Wildman–Crippen LogP) is -0.942. The first kappa shape index (κ1) is 9.42. The van der Waals surface area contributed by atoms with Crippen LogP contribution < -0.4 is 10.6 Å². The van der Waals surface area contributed by atoms with Crippen LogP contribution >= 0.6 is 0 Å². The third-order valence-corrected chi connectivity index (χ3v) is 3.58. The Morgan fingerprint density at radius 2 is 1.67 bits per heavy atom. The van der Waals surface area contributed by atoms with Gasteiger partial charge in [-0.25, -0.2) is 4.79 Å². The zero-order valence-corrected chi connectivity index (χ0v) is 8.91. The second kappa shape index (κ2) is 3.64. The fourth-order valence-electron chi connectivity index (χ4n) is 2.73. The summed E-state index contributed by atoms with van der Waals surface area (Å²) < 4.78 is 0. The van der Waals surface area contributed by atoms with Gasteiger partial charge in [-0.2, -0.15) is 0 Å². The normalized spacial score (nSPS) is 34.9. The monoisotopic (exact) mass is 210 g/mol. The molecule has 0 radical (unpaired) electrons. The number of hydrogen-bond donors (Lipinski definition) is 2. The molecule has 0 aromatic carbocycles. The van der Waals surface area contributed by atoms with Crippen LogP contribution in [0.5, 0.6) is 0 Å². The number of carbonyl (C=O) groups is 1. The number of carbonyl (C=O) groups excluding carboxylic acids is 1. The number of hydrogen-bond acceptors (Lipinski definition) is 3. The summed E-state index contributed by atoms with van der Waals surface area (Å²) in [5.74, 6) is 0. The maximum atomic E-state index is 12.1. The van der Waals surface area contributed by atoms with Crippen LogP contribution in [-0.2, 0) is 0 Å². The van der Waals surface area contributed by atoms with E-state index in [1.807, 2.05) is 9.80 Å². The van der Waals surface area contributed by atoms with Crippen LogP contribution in [0.25, 0.3) is 0 Å². The van der Waals surface area contributed by atoms with E-state index >= 15 is 0 Å². The van der Waals surface area contributed by atoms with E-state index in [0.717, 1.165) is 39.3 Å². The quantitative estimate of drug-likeness (QED) is 0.542. The fraction of sp³-hybridized carbons (Fsp3) is 0.900. The molecule has 5 heteroatoms. The summed E-state index contributed by atoms with van der Waals surface area (Å²) >= 11 is 0. The number of urea groups is 1. The van der Waals surface area contributed by atoms with Crippen LogP contribution in [0.3, 0.4) is 0 Å². The molecule has 15 heavy (non-hydrogen) atoms. The molecule has 0 aliphatic carbocycles. The van der Waals surface area contributed by atoms with Crippen LogP contribution in [0.15, 0.2) is 0 Å². The van der Waals surface area contributed by atoms with Crippen molar-refractivity contribution in [1.29, 1.82) is 0 Å². The Morgan fingerprint density at radius 3 is 2.27 bits per heavy atom. The highest BCUT2D eigenvalue weighted by Crippen LogP contribution is 2.21. The average Bonchev–Trinajstić information content (AvgIpc) is 2.28. The van der Waals surface area contributed by atoms with Crippen LogP contribution in [-0.4, -0.2) is 67.2 Å². The Hall–Kier alpha value is -0.810. The zero-order valence-electron chi connectivity index (χ0n) is 8.91. The van der Waals surface area contributed by atoms with E-state index in [0.29, 0.717) is 12.1 Å². The van der Waals surface area contributed by atoms with Gasteiger partial charge in [0.15, 0.2) is 0 Å². The van der Waals surface area contributed by atoms with Gasteiger partial charge in [-0.3, -0.25) is 0 Å². The van der Waals surface area contributed by atoms with Gasteiger partial charge in [0.2, 0.25) is 0 Å². The maximum Gasteiger partial charge on any atom is 0.320 e. The van der Waals surface area contributed by atoms with E-state index in [9.17, 15) is 4.79 Å². The van der Waals surface area contributed by atoms with Gasteiger partial charge in [-0.1, -0.05) is 0 Å². The standard InChI is InChI=1S/C10H18N4O/c15-10(13-3-1-11-2-4-13)14-6-8-5-9(7-14)12-8/h8-9,11-12H,1-7H2. The number of piperazine rings is 2. The van der Waals surface area contributed by atoms with E-state index in [1.54, 1.807) is 0 Å². The third-order valence-electron chi connectivity index (χ3n) is 3.58. The molecule has 5 nitrogen and oxygen atoms in total. The molecular weight excluding hydrogens is 192 g/mol. The number of fused-ring (bicyclic) bond motifs is 2. The molecule has 0 aromatic heterocycles. The lowest BCUT2D eigenvalue weighted by Crippen LogP contribution is -2.69. The van der Waals surface area contributed by atoms with Crippen molar-refractivity contribution in [2.75, 3.05) is 39.3 Å². The van der Waals surface area contributed by atoms with Gasteiger partial charge < -0.3 is 20.4 Å². The lowest BCUT2D eigenvalue weighted by molar-refractivity contribution is 0.0745. The minimum Gasteiger partial charge on any atom is -0.322 e. The van der Waals surface area contributed by atoms with Gasteiger partial charge in [0, 0.05) is 51.4 Å². The molecule has 2 unspecified atom stereocenters. The molecule has 4 aliphatic heterocycles. The molecule has 2 amide bonds. The highest BCUT2D eigenvalue weighted by Gasteiger charge is 2.39. The van der Waals surface area contributed by atoms with Crippen LogP contribution in [0.2, 0.25) is 0 Å². The summed E-state index contributed by atoms with van der Waals surface area (Å²) in [5, 5.41) is 6.71. The van der Waals surface area contributed by atoms with E-state index in [-0.39, 0.29) is 6.03 Å². The molecule has 4 heterocycles. The van der Waals surface area contributed by atoms with Crippen molar-refractivity contribution < 1.29 is 4.79 Å². The first-order chi connectivity index (χ1) is 7.33. The highest BCUT2D eigenvalue weighted by atomic mass is 16.2. The molecule has 0 saturated carbocycles. The number of nitrogens with one attached hydrogen (secondary N) is 2. The summed E-state index contributed by atoms with van der Waals surface area (Å²) in [5.41, 5.74) is 0. The van der Waals surface area contributed by atoms with E-state index in [1.165, 1.54) is 6.42 Å². The summed E-state index contributed by atoms with van der Waals surface area (Å²) in [6, 6.07) is 1.37. The summed E-state index contributed by atoms with van der Waals surface area (Å²) in [7, 11) is 0.